The molecule has 2 saturated carbocycles. The molecule has 118 valence electrons. The monoisotopic (exact) mass is 306 g/mol. The molecule has 0 bridgehead atoms. The summed E-state index contributed by atoms with van der Waals surface area (Å²) in [4.78, 5) is 6.62. The van der Waals surface area contributed by atoms with E-state index in [4.69, 9.17) is 4.98 Å². The van der Waals surface area contributed by atoms with Gasteiger partial charge in [0, 0.05) is 23.4 Å². The lowest BCUT2D eigenvalue weighted by molar-refractivity contribution is 0.580. The zero-order chi connectivity index (χ0) is 14.7. The lowest BCUT2D eigenvalue weighted by Crippen LogP contribution is -2.15. The molecular formula is C18H30N2S. The molecule has 1 heterocycles. The number of thiazole rings is 1. The van der Waals surface area contributed by atoms with Crippen LogP contribution < -0.4 is 5.32 Å². The summed E-state index contributed by atoms with van der Waals surface area (Å²) >= 11 is 2.01. The van der Waals surface area contributed by atoms with Crippen LogP contribution >= 0.6 is 11.3 Å². The highest BCUT2D eigenvalue weighted by Crippen LogP contribution is 2.36. The van der Waals surface area contributed by atoms with Gasteiger partial charge in [-0.15, -0.1) is 11.3 Å². The number of hydrogen-bond acceptors (Lipinski definition) is 3. The van der Waals surface area contributed by atoms with Crippen molar-refractivity contribution in [3.05, 3.63) is 15.6 Å². The summed E-state index contributed by atoms with van der Waals surface area (Å²) in [6.07, 6.45) is 12.3. The maximum atomic E-state index is 5.09. The van der Waals surface area contributed by atoms with Gasteiger partial charge in [0.2, 0.25) is 0 Å². The predicted molar refractivity (Wildman–Crippen MR) is 91.0 cm³/mol. The van der Waals surface area contributed by atoms with Gasteiger partial charge in [0.15, 0.2) is 0 Å². The Labute approximate surface area is 133 Å². The van der Waals surface area contributed by atoms with Crippen LogP contribution in [0.5, 0.6) is 0 Å². The van der Waals surface area contributed by atoms with Crippen molar-refractivity contribution in [2.75, 3.05) is 0 Å². The van der Waals surface area contributed by atoms with Crippen LogP contribution in [0.25, 0.3) is 0 Å². The Kier molecular flexibility index (Phi) is 5.33. The third kappa shape index (κ3) is 4.53. The highest BCUT2D eigenvalue weighted by Gasteiger charge is 2.24. The van der Waals surface area contributed by atoms with Gasteiger partial charge >= 0.3 is 0 Å². The molecule has 0 spiro atoms. The van der Waals surface area contributed by atoms with Crippen molar-refractivity contribution in [2.24, 2.45) is 5.92 Å². The van der Waals surface area contributed by atoms with Crippen LogP contribution in [0.3, 0.4) is 0 Å². The molecular weight excluding hydrogens is 276 g/mol. The average Bonchev–Trinajstić information content (AvgIpc) is 3.23. The Morgan fingerprint density at radius 1 is 1.10 bits per heavy atom. The topological polar surface area (TPSA) is 24.9 Å². The predicted octanol–water partition coefficient (Wildman–Crippen LogP) is 5.03. The fourth-order valence-corrected chi connectivity index (χ4v) is 4.53. The summed E-state index contributed by atoms with van der Waals surface area (Å²) in [5.74, 6) is 1.45. The number of nitrogens with one attached hydrogen (secondary N) is 1. The maximum absolute atomic E-state index is 5.09. The van der Waals surface area contributed by atoms with Crippen LogP contribution in [0.15, 0.2) is 0 Å². The van der Waals surface area contributed by atoms with Crippen molar-refractivity contribution in [1.29, 1.82) is 0 Å². The molecule has 1 aromatic rings. The Bertz CT molecular complexity index is 440. The van der Waals surface area contributed by atoms with Crippen molar-refractivity contribution in [1.82, 2.24) is 10.3 Å². The van der Waals surface area contributed by atoms with E-state index in [-0.39, 0.29) is 0 Å². The highest BCUT2D eigenvalue weighted by atomic mass is 32.1. The van der Waals surface area contributed by atoms with E-state index in [9.17, 15) is 0 Å². The van der Waals surface area contributed by atoms with Gasteiger partial charge in [-0.05, 0) is 38.0 Å². The molecule has 0 atom stereocenters. The van der Waals surface area contributed by atoms with Crippen molar-refractivity contribution in [3.63, 3.8) is 0 Å². The van der Waals surface area contributed by atoms with Gasteiger partial charge < -0.3 is 5.32 Å². The normalized spacial score (nSPS) is 20.9. The second-order valence-corrected chi connectivity index (χ2v) is 8.48. The SMILES string of the molecule is CC(C)Cc1nc(C2CCCCCC2)sc1CNC1CC1. The Hall–Kier alpha value is -0.410. The molecule has 1 aromatic heterocycles. The number of nitrogens with zero attached hydrogens (tertiary/aromatic N) is 1. The van der Waals surface area contributed by atoms with Crippen LogP contribution in [-0.2, 0) is 13.0 Å². The van der Waals surface area contributed by atoms with Gasteiger partial charge in [0.25, 0.3) is 0 Å². The molecule has 0 aliphatic heterocycles. The average molecular weight is 307 g/mol. The number of aromatic nitrogens is 1. The second-order valence-electron chi connectivity index (χ2n) is 7.36. The molecule has 2 aliphatic rings. The Morgan fingerprint density at radius 2 is 1.81 bits per heavy atom. The van der Waals surface area contributed by atoms with E-state index < -0.39 is 0 Å². The summed E-state index contributed by atoms with van der Waals surface area (Å²) in [6, 6.07) is 0.792. The van der Waals surface area contributed by atoms with Gasteiger partial charge in [-0.2, -0.15) is 0 Å². The fraction of sp³-hybridized carbons (Fsp3) is 0.833. The first kappa shape index (κ1) is 15.5. The van der Waals surface area contributed by atoms with Crippen molar-refractivity contribution in [3.8, 4) is 0 Å². The molecule has 0 unspecified atom stereocenters. The van der Waals surface area contributed by atoms with E-state index in [2.05, 4.69) is 19.2 Å². The molecule has 1 N–H and O–H groups in total. The summed E-state index contributed by atoms with van der Waals surface area (Å²) in [5.41, 5.74) is 1.39. The standard InChI is InChI=1S/C18H30N2S/c1-13(2)11-16-17(12-19-15-9-10-15)21-18(20-16)14-7-5-3-4-6-8-14/h13-15,19H,3-12H2,1-2H3. The van der Waals surface area contributed by atoms with Crippen molar-refractivity contribution < 1.29 is 0 Å². The maximum Gasteiger partial charge on any atom is 0.0962 e. The molecule has 2 nitrogen and oxygen atoms in total. The third-order valence-corrected chi connectivity index (χ3v) is 5.99. The van der Waals surface area contributed by atoms with Crippen molar-refractivity contribution >= 4 is 11.3 Å². The minimum absolute atomic E-state index is 0.703. The number of rotatable bonds is 6. The summed E-state index contributed by atoms with van der Waals surface area (Å²) in [5, 5.41) is 5.13. The van der Waals surface area contributed by atoms with Gasteiger partial charge in [-0.25, -0.2) is 4.98 Å². The molecule has 0 amide bonds. The zero-order valence-electron chi connectivity index (χ0n) is 13.7. The van der Waals surface area contributed by atoms with Gasteiger partial charge in [0.1, 0.15) is 0 Å². The first-order valence-corrected chi connectivity index (χ1v) is 9.76. The van der Waals surface area contributed by atoms with Gasteiger partial charge in [0.05, 0.1) is 10.7 Å². The van der Waals surface area contributed by atoms with E-state index >= 15 is 0 Å². The molecule has 3 heteroatoms. The fourth-order valence-electron chi connectivity index (χ4n) is 3.31. The molecule has 0 radical (unpaired) electrons. The lowest BCUT2D eigenvalue weighted by atomic mass is 10.0. The highest BCUT2D eigenvalue weighted by molar-refractivity contribution is 7.11. The van der Waals surface area contributed by atoms with Crippen LogP contribution in [0, 0.1) is 5.92 Å². The minimum atomic E-state index is 0.703. The number of hydrogen-bond donors (Lipinski definition) is 1. The molecule has 2 aliphatic carbocycles. The molecule has 3 rings (SSSR count). The minimum Gasteiger partial charge on any atom is -0.309 e. The summed E-state index contributed by atoms with van der Waals surface area (Å²) < 4.78 is 0. The quantitative estimate of drug-likeness (QED) is 0.745. The second kappa shape index (κ2) is 7.23. The summed E-state index contributed by atoms with van der Waals surface area (Å²) in [7, 11) is 0. The van der Waals surface area contributed by atoms with Crippen LogP contribution in [0.2, 0.25) is 0 Å². The van der Waals surface area contributed by atoms with E-state index in [1.54, 1.807) is 0 Å². The lowest BCUT2D eigenvalue weighted by Gasteiger charge is -2.09. The third-order valence-electron chi connectivity index (χ3n) is 4.73. The van der Waals surface area contributed by atoms with Crippen LogP contribution in [-0.4, -0.2) is 11.0 Å². The first-order chi connectivity index (χ1) is 10.2. The van der Waals surface area contributed by atoms with E-state index in [0.29, 0.717) is 5.92 Å². The Morgan fingerprint density at radius 3 is 2.43 bits per heavy atom. The van der Waals surface area contributed by atoms with Crippen molar-refractivity contribution in [2.45, 2.75) is 90.1 Å². The summed E-state index contributed by atoms with van der Waals surface area (Å²) in [6.45, 7) is 5.67. The smallest absolute Gasteiger partial charge is 0.0962 e. The first-order valence-electron chi connectivity index (χ1n) is 8.94. The Balaban J connectivity index is 1.72. The van der Waals surface area contributed by atoms with Crippen LogP contribution in [0.4, 0.5) is 0 Å². The molecule has 0 saturated heterocycles. The van der Waals surface area contributed by atoms with E-state index in [1.807, 2.05) is 11.3 Å². The largest absolute Gasteiger partial charge is 0.309 e. The zero-order valence-corrected chi connectivity index (χ0v) is 14.5. The van der Waals surface area contributed by atoms with E-state index in [1.165, 1.54) is 66.9 Å². The van der Waals surface area contributed by atoms with E-state index in [0.717, 1.165) is 24.9 Å². The van der Waals surface area contributed by atoms with Gasteiger partial charge in [-0.3, -0.25) is 0 Å². The van der Waals surface area contributed by atoms with Crippen LogP contribution in [0.1, 0.15) is 86.7 Å². The molecule has 0 aromatic carbocycles. The van der Waals surface area contributed by atoms with Gasteiger partial charge in [-0.1, -0.05) is 39.5 Å². The molecule has 21 heavy (non-hydrogen) atoms. The molecule has 2 fully saturated rings.